The molecule has 0 aromatic heterocycles. The zero-order valence-corrected chi connectivity index (χ0v) is 15.6. The number of hydrogen-bond acceptors (Lipinski definition) is 2. The summed E-state index contributed by atoms with van der Waals surface area (Å²) in [6.07, 6.45) is 12.8. The van der Waals surface area contributed by atoms with E-state index in [0.717, 1.165) is 37.9 Å². The maximum atomic E-state index is 11.2. The number of methoxy groups -OCH3 is 1. The van der Waals surface area contributed by atoms with Gasteiger partial charge in [0.1, 0.15) is 5.75 Å². The minimum Gasteiger partial charge on any atom is -0.497 e. The van der Waals surface area contributed by atoms with Crippen molar-refractivity contribution in [3.05, 3.63) is 40.4 Å². The number of aryl methyl sites for hydroxylation is 1. The summed E-state index contributed by atoms with van der Waals surface area (Å²) in [7, 11) is 1.72. The Morgan fingerprint density at radius 3 is 2.88 bits per heavy atom. The monoisotopic (exact) mass is 356 g/mol. The molecule has 1 N–H and O–H groups in total. The van der Waals surface area contributed by atoms with E-state index in [1.54, 1.807) is 7.11 Å². The van der Waals surface area contributed by atoms with E-state index in [4.69, 9.17) is 22.8 Å². The lowest BCUT2D eigenvalue weighted by molar-refractivity contribution is -0.0925. The van der Waals surface area contributed by atoms with Gasteiger partial charge in [-0.3, -0.25) is 0 Å². The normalized spacial score (nSPS) is 39.3. The fourth-order valence-electron chi connectivity index (χ4n) is 5.77. The Hall–Kier alpha value is -1.43. The Bertz CT molecular complexity index is 777. The molecule has 0 amide bonds. The molecule has 0 spiro atoms. The molecule has 132 valence electrons. The van der Waals surface area contributed by atoms with Crippen molar-refractivity contribution in [2.75, 3.05) is 7.11 Å². The molecule has 1 unspecified atom stereocenters. The van der Waals surface area contributed by atoms with Gasteiger partial charge in [-0.2, -0.15) is 0 Å². The number of halogens is 1. The Morgan fingerprint density at radius 2 is 2.16 bits per heavy atom. The highest BCUT2D eigenvalue weighted by Gasteiger charge is 2.59. The molecule has 0 aliphatic heterocycles. The largest absolute Gasteiger partial charge is 0.497 e. The van der Waals surface area contributed by atoms with Crippen LogP contribution in [0.1, 0.15) is 49.7 Å². The summed E-state index contributed by atoms with van der Waals surface area (Å²) in [5, 5.41) is 11.6. The maximum absolute atomic E-state index is 11.2. The number of ether oxygens (including phenoxy) is 1. The van der Waals surface area contributed by atoms with Gasteiger partial charge in [-0.05, 0) is 73.1 Å². The van der Waals surface area contributed by atoms with Crippen LogP contribution in [0.4, 0.5) is 0 Å². The van der Waals surface area contributed by atoms with E-state index >= 15 is 0 Å². The molecule has 1 aromatic carbocycles. The lowest BCUT2D eigenvalue weighted by Gasteiger charge is -2.58. The van der Waals surface area contributed by atoms with E-state index in [1.165, 1.54) is 11.1 Å². The molecule has 1 aromatic rings. The topological polar surface area (TPSA) is 29.5 Å². The SMILES string of the molecule is C#CC1(O)C(Cl)=CC[C@H]2[C@@H]3CCc4cc(OC)ccc4[C@H]3CC[C@@]21C. The van der Waals surface area contributed by atoms with Crippen LogP contribution in [-0.4, -0.2) is 17.8 Å². The smallest absolute Gasteiger partial charge is 0.166 e. The first-order valence-corrected chi connectivity index (χ1v) is 9.55. The van der Waals surface area contributed by atoms with E-state index in [2.05, 4.69) is 31.0 Å². The molecule has 3 aliphatic rings. The van der Waals surface area contributed by atoms with Crippen molar-refractivity contribution in [2.45, 2.75) is 50.5 Å². The molecular weight excluding hydrogens is 332 g/mol. The lowest BCUT2D eigenvalue weighted by atomic mass is 9.48. The third-order valence-corrected chi connectivity index (χ3v) is 7.68. The van der Waals surface area contributed by atoms with Crippen molar-refractivity contribution in [1.82, 2.24) is 0 Å². The van der Waals surface area contributed by atoms with Gasteiger partial charge in [-0.25, -0.2) is 0 Å². The molecule has 0 heterocycles. The summed E-state index contributed by atoms with van der Waals surface area (Å²) in [6, 6.07) is 6.51. The van der Waals surface area contributed by atoms with Crippen molar-refractivity contribution >= 4 is 11.6 Å². The zero-order valence-electron chi connectivity index (χ0n) is 14.9. The van der Waals surface area contributed by atoms with Crippen LogP contribution in [0, 0.1) is 29.6 Å². The van der Waals surface area contributed by atoms with Crippen LogP contribution in [0.3, 0.4) is 0 Å². The molecule has 5 atom stereocenters. The van der Waals surface area contributed by atoms with Crippen molar-refractivity contribution in [3.63, 3.8) is 0 Å². The third-order valence-electron chi connectivity index (χ3n) is 7.26. The van der Waals surface area contributed by atoms with Crippen molar-refractivity contribution < 1.29 is 9.84 Å². The number of rotatable bonds is 1. The zero-order chi connectivity index (χ0) is 17.8. The highest BCUT2D eigenvalue weighted by Crippen LogP contribution is 2.62. The van der Waals surface area contributed by atoms with Crippen molar-refractivity contribution in [2.24, 2.45) is 17.3 Å². The van der Waals surface area contributed by atoms with Crippen LogP contribution in [0.2, 0.25) is 0 Å². The molecule has 4 rings (SSSR count). The van der Waals surface area contributed by atoms with Crippen molar-refractivity contribution in [1.29, 1.82) is 0 Å². The third kappa shape index (κ3) is 2.22. The maximum Gasteiger partial charge on any atom is 0.166 e. The van der Waals surface area contributed by atoms with E-state index in [0.29, 0.717) is 22.8 Å². The highest BCUT2D eigenvalue weighted by molar-refractivity contribution is 6.31. The summed E-state index contributed by atoms with van der Waals surface area (Å²) < 4.78 is 5.39. The molecule has 1 saturated carbocycles. The number of terminal acetylenes is 1. The quantitative estimate of drug-likeness (QED) is 0.742. The fraction of sp³-hybridized carbons (Fsp3) is 0.545. The number of allylic oxidation sites excluding steroid dienone is 1. The average molecular weight is 357 g/mol. The van der Waals surface area contributed by atoms with Gasteiger partial charge in [-0.1, -0.05) is 36.6 Å². The van der Waals surface area contributed by atoms with Gasteiger partial charge in [-0.15, -0.1) is 6.42 Å². The van der Waals surface area contributed by atoms with E-state index in [1.807, 2.05) is 6.08 Å². The summed E-state index contributed by atoms with van der Waals surface area (Å²) in [5.74, 6) is 5.02. The predicted molar refractivity (Wildman–Crippen MR) is 101 cm³/mol. The molecule has 2 nitrogen and oxygen atoms in total. The predicted octanol–water partition coefficient (Wildman–Crippen LogP) is 4.65. The Morgan fingerprint density at radius 1 is 1.36 bits per heavy atom. The average Bonchev–Trinajstić information content (AvgIpc) is 2.64. The van der Waals surface area contributed by atoms with Gasteiger partial charge < -0.3 is 9.84 Å². The second-order valence-electron chi connectivity index (χ2n) is 8.08. The Labute approximate surface area is 155 Å². The fourth-order valence-corrected chi connectivity index (χ4v) is 6.13. The summed E-state index contributed by atoms with van der Waals surface area (Å²) in [6.45, 7) is 2.15. The molecule has 0 saturated heterocycles. The second-order valence-corrected chi connectivity index (χ2v) is 8.49. The molecule has 25 heavy (non-hydrogen) atoms. The van der Waals surface area contributed by atoms with E-state index < -0.39 is 5.60 Å². The summed E-state index contributed by atoms with van der Waals surface area (Å²) in [4.78, 5) is 0. The van der Waals surface area contributed by atoms with Crippen LogP contribution >= 0.6 is 11.6 Å². The molecule has 1 fully saturated rings. The lowest BCUT2D eigenvalue weighted by Crippen LogP contribution is -2.57. The molecule has 0 radical (unpaired) electrons. The minimum atomic E-state index is -1.33. The highest BCUT2D eigenvalue weighted by atomic mass is 35.5. The van der Waals surface area contributed by atoms with Crippen LogP contribution in [0.25, 0.3) is 0 Å². The van der Waals surface area contributed by atoms with Gasteiger partial charge in [0.15, 0.2) is 5.60 Å². The summed E-state index contributed by atoms with van der Waals surface area (Å²) >= 11 is 6.38. The Balaban J connectivity index is 1.74. The number of fused-ring (bicyclic) bond motifs is 5. The van der Waals surface area contributed by atoms with Crippen molar-refractivity contribution in [3.8, 4) is 18.1 Å². The van der Waals surface area contributed by atoms with Gasteiger partial charge in [0.25, 0.3) is 0 Å². The van der Waals surface area contributed by atoms with Gasteiger partial charge in [0, 0.05) is 5.41 Å². The number of hydrogen-bond donors (Lipinski definition) is 1. The number of aliphatic hydroxyl groups is 1. The first-order chi connectivity index (χ1) is 11.9. The summed E-state index contributed by atoms with van der Waals surface area (Å²) in [5.41, 5.74) is 1.20. The first-order valence-electron chi connectivity index (χ1n) is 9.17. The molecule has 0 bridgehead atoms. The first kappa shape index (κ1) is 17.0. The minimum absolute atomic E-state index is 0.348. The number of benzene rings is 1. The molecule has 3 heteroatoms. The van der Waals surface area contributed by atoms with Gasteiger partial charge in [0.05, 0.1) is 12.1 Å². The molecular formula is C22H25ClO2. The van der Waals surface area contributed by atoms with Gasteiger partial charge >= 0.3 is 0 Å². The second kappa shape index (κ2) is 5.79. The van der Waals surface area contributed by atoms with Crippen LogP contribution in [-0.2, 0) is 6.42 Å². The van der Waals surface area contributed by atoms with Crippen LogP contribution in [0.15, 0.2) is 29.3 Å². The van der Waals surface area contributed by atoms with Gasteiger partial charge in [0.2, 0.25) is 0 Å². The van der Waals surface area contributed by atoms with E-state index in [-0.39, 0.29) is 5.41 Å². The Kier molecular flexibility index (Phi) is 3.94. The van der Waals surface area contributed by atoms with Crippen LogP contribution < -0.4 is 4.74 Å². The molecule has 3 aliphatic carbocycles. The van der Waals surface area contributed by atoms with E-state index in [9.17, 15) is 5.11 Å². The standard InChI is InChI=1S/C22H25ClO2/c1-4-22(24)20(23)10-9-19-18-7-5-14-13-15(25-3)6-8-16(14)17(18)11-12-21(19,22)2/h1,6,8,10,13,17-19,24H,5,7,9,11-12H2,2-3H3/t17-,18-,19+,21+,22?/m1/s1. The van der Waals surface area contributed by atoms with Crippen LogP contribution in [0.5, 0.6) is 5.75 Å².